The standard InChI is InChI=1S/C16H18N2O2/c1-11-4-6-13(7-5-11)10-18(3)15-12(2)8-14(9-17-15)16(19)20/h4-9H,10H2,1-3H3,(H,19,20). The number of anilines is 1. The summed E-state index contributed by atoms with van der Waals surface area (Å²) in [5.74, 6) is -0.149. The molecule has 2 rings (SSSR count). The summed E-state index contributed by atoms with van der Waals surface area (Å²) in [6, 6.07) is 9.99. The Hall–Kier alpha value is -2.36. The predicted octanol–water partition coefficient (Wildman–Crippen LogP) is 3.03. The third-order valence-electron chi connectivity index (χ3n) is 3.20. The quantitative estimate of drug-likeness (QED) is 0.927. The van der Waals surface area contributed by atoms with Gasteiger partial charge in [0, 0.05) is 19.8 Å². The molecule has 0 aliphatic carbocycles. The number of nitrogens with zero attached hydrogens (tertiary/aromatic N) is 2. The molecule has 0 amide bonds. The molecule has 0 fully saturated rings. The number of aromatic nitrogens is 1. The van der Waals surface area contributed by atoms with Crippen LogP contribution in [-0.2, 0) is 6.54 Å². The first kappa shape index (κ1) is 14.1. The van der Waals surface area contributed by atoms with Crippen molar-refractivity contribution in [3.05, 3.63) is 58.8 Å². The van der Waals surface area contributed by atoms with E-state index in [2.05, 4.69) is 36.2 Å². The molecule has 104 valence electrons. The Kier molecular flexibility index (Phi) is 4.03. The van der Waals surface area contributed by atoms with Gasteiger partial charge in [-0.2, -0.15) is 0 Å². The smallest absolute Gasteiger partial charge is 0.337 e. The lowest BCUT2D eigenvalue weighted by molar-refractivity contribution is 0.0696. The summed E-state index contributed by atoms with van der Waals surface area (Å²) in [5, 5.41) is 8.95. The van der Waals surface area contributed by atoms with Crippen LogP contribution in [0.4, 0.5) is 5.82 Å². The second-order valence-corrected chi connectivity index (χ2v) is 5.01. The van der Waals surface area contributed by atoms with E-state index in [1.54, 1.807) is 6.07 Å². The van der Waals surface area contributed by atoms with Crippen molar-refractivity contribution in [3.63, 3.8) is 0 Å². The van der Waals surface area contributed by atoms with Crippen molar-refractivity contribution in [1.82, 2.24) is 4.98 Å². The normalized spacial score (nSPS) is 10.3. The molecule has 0 spiro atoms. The third-order valence-corrected chi connectivity index (χ3v) is 3.20. The largest absolute Gasteiger partial charge is 0.478 e. The molecular formula is C16H18N2O2. The number of rotatable bonds is 4. The van der Waals surface area contributed by atoms with Gasteiger partial charge in [-0.25, -0.2) is 9.78 Å². The number of carboxylic acids is 1. The van der Waals surface area contributed by atoms with Crippen LogP contribution in [0, 0.1) is 13.8 Å². The molecule has 1 aromatic carbocycles. The van der Waals surface area contributed by atoms with Crippen LogP contribution in [-0.4, -0.2) is 23.1 Å². The first-order valence-electron chi connectivity index (χ1n) is 6.44. The SMILES string of the molecule is Cc1ccc(CN(C)c2ncc(C(=O)O)cc2C)cc1. The zero-order valence-electron chi connectivity index (χ0n) is 11.9. The van der Waals surface area contributed by atoms with Crippen molar-refractivity contribution in [3.8, 4) is 0 Å². The molecule has 1 N–H and O–H groups in total. The van der Waals surface area contributed by atoms with Crippen LogP contribution in [0.2, 0.25) is 0 Å². The molecule has 20 heavy (non-hydrogen) atoms. The average molecular weight is 270 g/mol. The minimum absolute atomic E-state index is 0.218. The number of carbonyl (C=O) groups is 1. The zero-order chi connectivity index (χ0) is 14.7. The van der Waals surface area contributed by atoms with Crippen molar-refractivity contribution in [1.29, 1.82) is 0 Å². The van der Waals surface area contributed by atoms with Crippen molar-refractivity contribution in [2.75, 3.05) is 11.9 Å². The summed E-state index contributed by atoms with van der Waals surface area (Å²) in [6.07, 6.45) is 1.40. The Balaban J connectivity index is 2.18. The van der Waals surface area contributed by atoms with Gasteiger partial charge in [0.1, 0.15) is 5.82 Å². The molecule has 0 radical (unpaired) electrons. The molecule has 2 aromatic rings. The molecular weight excluding hydrogens is 252 g/mol. The molecule has 0 saturated heterocycles. The lowest BCUT2D eigenvalue weighted by Crippen LogP contribution is -2.19. The summed E-state index contributed by atoms with van der Waals surface area (Å²) in [6.45, 7) is 4.67. The molecule has 4 nitrogen and oxygen atoms in total. The van der Waals surface area contributed by atoms with E-state index in [4.69, 9.17) is 5.11 Å². The molecule has 1 aromatic heterocycles. The van der Waals surface area contributed by atoms with E-state index in [1.165, 1.54) is 17.3 Å². The van der Waals surface area contributed by atoms with Crippen LogP contribution in [0.5, 0.6) is 0 Å². The lowest BCUT2D eigenvalue weighted by atomic mass is 10.1. The number of hydrogen-bond acceptors (Lipinski definition) is 3. The second-order valence-electron chi connectivity index (χ2n) is 5.01. The van der Waals surface area contributed by atoms with Gasteiger partial charge in [-0.15, -0.1) is 0 Å². The molecule has 0 aliphatic heterocycles. The van der Waals surface area contributed by atoms with E-state index >= 15 is 0 Å². The number of aromatic carboxylic acids is 1. The van der Waals surface area contributed by atoms with E-state index < -0.39 is 5.97 Å². The minimum Gasteiger partial charge on any atom is -0.478 e. The van der Waals surface area contributed by atoms with Crippen LogP contribution < -0.4 is 4.90 Å². The maximum absolute atomic E-state index is 10.9. The van der Waals surface area contributed by atoms with Crippen molar-refractivity contribution in [2.24, 2.45) is 0 Å². The Labute approximate surface area is 118 Å². The van der Waals surface area contributed by atoms with Crippen molar-refractivity contribution in [2.45, 2.75) is 20.4 Å². The highest BCUT2D eigenvalue weighted by molar-refractivity contribution is 5.87. The lowest BCUT2D eigenvalue weighted by Gasteiger charge is -2.20. The van der Waals surface area contributed by atoms with Crippen molar-refractivity contribution < 1.29 is 9.90 Å². The van der Waals surface area contributed by atoms with E-state index in [0.29, 0.717) is 0 Å². The zero-order valence-corrected chi connectivity index (χ0v) is 11.9. The number of pyridine rings is 1. The minimum atomic E-state index is -0.951. The molecule has 0 bridgehead atoms. The van der Waals surface area contributed by atoms with E-state index in [9.17, 15) is 4.79 Å². The first-order valence-corrected chi connectivity index (χ1v) is 6.44. The summed E-state index contributed by atoms with van der Waals surface area (Å²) in [7, 11) is 1.95. The van der Waals surface area contributed by atoms with Gasteiger partial charge in [0.15, 0.2) is 0 Å². The molecule has 1 heterocycles. The van der Waals surface area contributed by atoms with Crippen LogP contribution in [0.3, 0.4) is 0 Å². The van der Waals surface area contributed by atoms with Crippen LogP contribution in [0.1, 0.15) is 27.0 Å². The fourth-order valence-corrected chi connectivity index (χ4v) is 2.13. The monoisotopic (exact) mass is 270 g/mol. The Morgan fingerprint density at radius 3 is 2.45 bits per heavy atom. The second kappa shape index (κ2) is 5.74. The first-order chi connectivity index (χ1) is 9.47. The number of benzene rings is 1. The molecule has 0 aliphatic rings. The predicted molar refractivity (Wildman–Crippen MR) is 79.2 cm³/mol. The van der Waals surface area contributed by atoms with Gasteiger partial charge in [0.25, 0.3) is 0 Å². The van der Waals surface area contributed by atoms with E-state index in [0.717, 1.165) is 17.9 Å². The number of carboxylic acid groups (broad SMARTS) is 1. The van der Waals surface area contributed by atoms with Gasteiger partial charge in [0.2, 0.25) is 0 Å². The van der Waals surface area contributed by atoms with E-state index in [-0.39, 0.29) is 5.56 Å². The summed E-state index contributed by atoms with van der Waals surface area (Å²) in [4.78, 5) is 17.2. The maximum atomic E-state index is 10.9. The van der Waals surface area contributed by atoms with Crippen LogP contribution in [0.15, 0.2) is 36.5 Å². The summed E-state index contributed by atoms with van der Waals surface area (Å²) >= 11 is 0. The number of aryl methyl sites for hydroxylation is 2. The van der Waals surface area contributed by atoms with Crippen LogP contribution >= 0.6 is 0 Å². The Morgan fingerprint density at radius 1 is 1.25 bits per heavy atom. The highest BCUT2D eigenvalue weighted by Gasteiger charge is 2.10. The molecule has 0 saturated carbocycles. The van der Waals surface area contributed by atoms with E-state index in [1.807, 2.05) is 18.9 Å². The fourth-order valence-electron chi connectivity index (χ4n) is 2.13. The topological polar surface area (TPSA) is 53.4 Å². The van der Waals surface area contributed by atoms with Gasteiger partial charge in [0.05, 0.1) is 5.56 Å². The Bertz CT molecular complexity index is 621. The van der Waals surface area contributed by atoms with Crippen molar-refractivity contribution >= 4 is 11.8 Å². The van der Waals surface area contributed by atoms with Gasteiger partial charge in [-0.1, -0.05) is 29.8 Å². The highest BCUT2D eigenvalue weighted by atomic mass is 16.4. The molecule has 4 heteroatoms. The molecule has 0 atom stereocenters. The van der Waals surface area contributed by atoms with Gasteiger partial charge < -0.3 is 10.0 Å². The fraction of sp³-hybridized carbons (Fsp3) is 0.250. The number of hydrogen-bond donors (Lipinski definition) is 1. The summed E-state index contributed by atoms with van der Waals surface area (Å²) < 4.78 is 0. The molecule has 0 unspecified atom stereocenters. The summed E-state index contributed by atoms with van der Waals surface area (Å²) in [5.41, 5.74) is 3.51. The van der Waals surface area contributed by atoms with Crippen LogP contribution in [0.25, 0.3) is 0 Å². The maximum Gasteiger partial charge on any atom is 0.337 e. The van der Waals surface area contributed by atoms with Gasteiger partial charge in [-0.05, 0) is 31.0 Å². The Morgan fingerprint density at radius 2 is 1.90 bits per heavy atom. The van der Waals surface area contributed by atoms with Gasteiger partial charge >= 0.3 is 5.97 Å². The third kappa shape index (κ3) is 3.15. The average Bonchev–Trinajstić information content (AvgIpc) is 2.41. The van der Waals surface area contributed by atoms with Gasteiger partial charge in [-0.3, -0.25) is 0 Å². The highest BCUT2D eigenvalue weighted by Crippen LogP contribution is 2.19.